The predicted octanol–water partition coefficient (Wildman–Crippen LogP) is 4.47. The second-order valence-corrected chi connectivity index (χ2v) is 7.80. The molecule has 4 heteroatoms. The van der Waals surface area contributed by atoms with Crippen LogP contribution in [0.25, 0.3) is 0 Å². The molecule has 2 rings (SSSR count). The molecule has 0 spiro atoms. The van der Waals surface area contributed by atoms with Crippen LogP contribution >= 0.6 is 0 Å². The molecule has 24 heavy (non-hydrogen) atoms. The molecule has 1 fully saturated rings. The van der Waals surface area contributed by atoms with Crippen LogP contribution < -0.4 is 10.5 Å². The van der Waals surface area contributed by atoms with Crippen molar-refractivity contribution in [3.63, 3.8) is 0 Å². The van der Waals surface area contributed by atoms with Gasteiger partial charge in [0.25, 0.3) is 0 Å². The Morgan fingerprint density at radius 2 is 1.79 bits per heavy atom. The number of nitrogens with zero attached hydrogens (tertiary/aromatic N) is 1. The van der Waals surface area contributed by atoms with Gasteiger partial charge in [0.2, 0.25) is 0 Å². The van der Waals surface area contributed by atoms with E-state index in [4.69, 9.17) is 10.5 Å². The molecule has 1 saturated carbocycles. The number of hydrogen-bond acceptors (Lipinski definition) is 2. The second kappa shape index (κ2) is 8.41. The molecule has 0 bridgehead atoms. The highest BCUT2D eigenvalue weighted by molar-refractivity contribution is 5.72. The van der Waals surface area contributed by atoms with Crippen LogP contribution in [0.15, 0.2) is 24.3 Å². The minimum Gasteiger partial charge on any atom is -0.494 e. The standard InChI is InChI=1S/C20H32N2O2/c1-20(2,3)16-10-12-18(13-11-16)24-15-7-14-22(19(21)23)17-8-5-4-6-9-17/h10-13,17H,4-9,14-15H2,1-3H3,(H2,21,23). The SMILES string of the molecule is CC(C)(C)c1ccc(OCCCN(C(N)=O)C2CCCCC2)cc1. The van der Waals surface area contributed by atoms with Gasteiger partial charge in [0.1, 0.15) is 5.75 Å². The fourth-order valence-corrected chi connectivity index (χ4v) is 3.34. The van der Waals surface area contributed by atoms with Gasteiger partial charge in [-0.2, -0.15) is 0 Å². The van der Waals surface area contributed by atoms with Crippen molar-refractivity contribution in [1.29, 1.82) is 0 Å². The predicted molar refractivity (Wildman–Crippen MR) is 98.4 cm³/mol. The average Bonchev–Trinajstić information content (AvgIpc) is 2.55. The average molecular weight is 332 g/mol. The summed E-state index contributed by atoms with van der Waals surface area (Å²) < 4.78 is 5.81. The fraction of sp³-hybridized carbons (Fsp3) is 0.650. The third-order valence-corrected chi connectivity index (χ3v) is 4.83. The van der Waals surface area contributed by atoms with E-state index >= 15 is 0 Å². The quantitative estimate of drug-likeness (QED) is 0.782. The lowest BCUT2D eigenvalue weighted by molar-refractivity contribution is 0.156. The van der Waals surface area contributed by atoms with E-state index in [1.807, 2.05) is 17.0 Å². The van der Waals surface area contributed by atoms with Crippen molar-refractivity contribution in [2.45, 2.75) is 70.8 Å². The maximum Gasteiger partial charge on any atom is 0.315 e. The summed E-state index contributed by atoms with van der Waals surface area (Å²) in [5.41, 5.74) is 7.02. The molecule has 0 unspecified atom stereocenters. The maximum atomic E-state index is 11.7. The van der Waals surface area contributed by atoms with Crippen molar-refractivity contribution >= 4 is 6.03 Å². The van der Waals surface area contributed by atoms with Crippen LogP contribution in [0.3, 0.4) is 0 Å². The Kier molecular flexibility index (Phi) is 6.52. The van der Waals surface area contributed by atoms with E-state index in [0.717, 1.165) is 25.0 Å². The van der Waals surface area contributed by atoms with Gasteiger partial charge in [-0.15, -0.1) is 0 Å². The number of carbonyl (C=O) groups excluding carboxylic acids is 1. The van der Waals surface area contributed by atoms with Crippen LogP contribution in [0.1, 0.15) is 64.9 Å². The van der Waals surface area contributed by atoms with Crippen molar-refractivity contribution in [3.05, 3.63) is 29.8 Å². The number of hydrogen-bond donors (Lipinski definition) is 1. The number of rotatable bonds is 6. The summed E-state index contributed by atoms with van der Waals surface area (Å²) in [6, 6.07) is 8.31. The topological polar surface area (TPSA) is 55.6 Å². The zero-order chi connectivity index (χ0) is 17.6. The zero-order valence-electron chi connectivity index (χ0n) is 15.4. The summed E-state index contributed by atoms with van der Waals surface area (Å²) >= 11 is 0. The van der Waals surface area contributed by atoms with E-state index < -0.39 is 0 Å². The first kappa shape index (κ1) is 18.6. The Bertz CT molecular complexity index is 513. The highest BCUT2D eigenvalue weighted by Crippen LogP contribution is 2.25. The normalized spacial score (nSPS) is 16.0. The van der Waals surface area contributed by atoms with Crippen LogP contribution in [-0.4, -0.2) is 30.1 Å². The molecule has 0 heterocycles. The largest absolute Gasteiger partial charge is 0.494 e. The molecule has 0 aromatic heterocycles. The van der Waals surface area contributed by atoms with Gasteiger partial charge in [0.05, 0.1) is 6.61 Å². The molecular weight excluding hydrogens is 300 g/mol. The molecule has 4 nitrogen and oxygen atoms in total. The molecular formula is C20H32N2O2. The number of benzene rings is 1. The van der Waals surface area contributed by atoms with Crippen molar-refractivity contribution in [1.82, 2.24) is 4.90 Å². The van der Waals surface area contributed by atoms with Crippen molar-refractivity contribution in [2.24, 2.45) is 5.73 Å². The number of urea groups is 1. The lowest BCUT2D eigenvalue weighted by atomic mass is 9.87. The number of ether oxygens (including phenoxy) is 1. The van der Waals surface area contributed by atoms with Gasteiger partial charge in [-0.25, -0.2) is 4.79 Å². The molecule has 1 aliphatic rings. The minimum atomic E-state index is -0.295. The molecule has 134 valence electrons. The molecule has 1 aromatic carbocycles. The monoisotopic (exact) mass is 332 g/mol. The molecule has 2 amide bonds. The van der Waals surface area contributed by atoms with E-state index in [1.54, 1.807) is 0 Å². The molecule has 0 aliphatic heterocycles. The third-order valence-electron chi connectivity index (χ3n) is 4.83. The van der Waals surface area contributed by atoms with Gasteiger partial charge < -0.3 is 15.4 Å². The van der Waals surface area contributed by atoms with E-state index in [-0.39, 0.29) is 11.4 Å². The van der Waals surface area contributed by atoms with Crippen LogP contribution in [0, 0.1) is 0 Å². The van der Waals surface area contributed by atoms with Gasteiger partial charge in [-0.05, 0) is 42.4 Å². The lowest BCUT2D eigenvalue weighted by Crippen LogP contribution is -2.45. The Labute approximate surface area is 146 Å². The van der Waals surface area contributed by atoms with E-state index in [9.17, 15) is 4.79 Å². The fourth-order valence-electron chi connectivity index (χ4n) is 3.34. The Morgan fingerprint density at radius 1 is 1.17 bits per heavy atom. The van der Waals surface area contributed by atoms with E-state index in [0.29, 0.717) is 19.2 Å². The van der Waals surface area contributed by atoms with Crippen LogP contribution in [-0.2, 0) is 5.41 Å². The number of carbonyl (C=O) groups is 1. The Hall–Kier alpha value is -1.71. The van der Waals surface area contributed by atoms with Gasteiger partial charge in [0, 0.05) is 12.6 Å². The number of amides is 2. The summed E-state index contributed by atoms with van der Waals surface area (Å²) in [7, 11) is 0. The van der Waals surface area contributed by atoms with Crippen LogP contribution in [0.2, 0.25) is 0 Å². The molecule has 1 aliphatic carbocycles. The molecule has 0 saturated heterocycles. The highest BCUT2D eigenvalue weighted by Gasteiger charge is 2.23. The maximum absolute atomic E-state index is 11.7. The van der Waals surface area contributed by atoms with Gasteiger partial charge in [0.15, 0.2) is 0 Å². The zero-order valence-corrected chi connectivity index (χ0v) is 15.4. The van der Waals surface area contributed by atoms with Crippen LogP contribution in [0.5, 0.6) is 5.75 Å². The summed E-state index contributed by atoms with van der Waals surface area (Å²) in [6.45, 7) is 7.89. The smallest absolute Gasteiger partial charge is 0.315 e. The first-order chi connectivity index (χ1) is 11.4. The van der Waals surface area contributed by atoms with Gasteiger partial charge in [-0.3, -0.25) is 0 Å². The Morgan fingerprint density at radius 3 is 2.33 bits per heavy atom. The van der Waals surface area contributed by atoms with Crippen molar-refractivity contribution < 1.29 is 9.53 Å². The van der Waals surface area contributed by atoms with Crippen molar-refractivity contribution in [3.8, 4) is 5.75 Å². The first-order valence-electron chi connectivity index (χ1n) is 9.17. The molecule has 0 radical (unpaired) electrons. The van der Waals surface area contributed by atoms with Crippen molar-refractivity contribution in [2.75, 3.05) is 13.2 Å². The number of primary amides is 1. The lowest BCUT2D eigenvalue weighted by Gasteiger charge is -2.33. The third kappa shape index (κ3) is 5.43. The highest BCUT2D eigenvalue weighted by atomic mass is 16.5. The first-order valence-corrected chi connectivity index (χ1v) is 9.17. The molecule has 1 aromatic rings. The summed E-state index contributed by atoms with van der Waals surface area (Å²) in [4.78, 5) is 13.5. The van der Waals surface area contributed by atoms with Gasteiger partial charge in [-0.1, -0.05) is 52.2 Å². The van der Waals surface area contributed by atoms with E-state index in [1.165, 1.54) is 24.8 Å². The summed E-state index contributed by atoms with van der Waals surface area (Å²) in [5.74, 6) is 0.881. The molecule has 0 atom stereocenters. The molecule has 2 N–H and O–H groups in total. The van der Waals surface area contributed by atoms with Crippen LogP contribution in [0.4, 0.5) is 4.79 Å². The summed E-state index contributed by atoms with van der Waals surface area (Å²) in [6.07, 6.45) is 6.64. The van der Waals surface area contributed by atoms with Gasteiger partial charge >= 0.3 is 6.03 Å². The second-order valence-electron chi connectivity index (χ2n) is 7.80. The summed E-state index contributed by atoms with van der Waals surface area (Å²) in [5, 5.41) is 0. The Balaban J connectivity index is 1.77. The minimum absolute atomic E-state index is 0.153. The number of nitrogens with two attached hydrogens (primary N) is 1. The van der Waals surface area contributed by atoms with E-state index in [2.05, 4.69) is 32.9 Å².